The Kier molecular flexibility index (Phi) is 5.30. The topological polar surface area (TPSA) is 77.2 Å². The Morgan fingerprint density at radius 2 is 1.83 bits per heavy atom. The fraction of sp³-hybridized carbons (Fsp3) is 0.333. The highest BCUT2D eigenvalue weighted by Crippen LogP contribution is 2.28. The van der Waals surface area contributed by atoms with Gasteiger partial charge in [-0.3, -0.25) is 4.79 Å². The van der Waals surface area contributed by atoms with Crippen LogP contribution in [0.25, 0.3) is 11.0 Å². The first-order chi connectivity index (χ1) is 13.4. The van der Waals surface area contributed by atoms with Crippen molar-refractivity contribution in [3.63, 3.8) is 0 Å². The van der Waals surface area contributed by atoms with Crippen molar-refractivity contribution in [1.29, 1.82) is 0 Å². The molecule has 0 atom stereocenters. The predicted octanol–water partition coefficient (Wildman–Crippen LogP) is 2.54. The first-order valence-corrected chi connectivity index (χ1v) is 10.1. The second-order valence-electron chi connectivity index (χ2n) is 6.59. The van der Waals surface area contributed by atoms with Gasteiger partial charge in [-0.15, -0.1) is 0 Å². The van der Waals surface area contributed by atoms with Crippen LogP contribution < -0.4 is 5.56 Å². The molecule has 156 valence electrons. The third-order valence-electron chi connectivity index (χ3n) is 4.52. The Labute approximate surface area is 165 Å². The third kappa shape index (κ3) is 3.92. The number of benzene rings is 1. The average molecular weight is 428 g/mol. The van der Waals surface area contributed by atoms with E-state index in [1.54, 1.807) is 10.6 Å². The first-order valence-electron chi connectivity index (χ1n) is 8.64. The van der Waals surface area contributed by atoms with Gasteiger partial charge in [-0.1, -0.05) is 0 Å². The maximum atomic E-state index is 13.0. The maximum absolute atomic E-state index is 13.0. The van der Waals surface area contributed by atoms with E-state index in [0.717, 1.165) is 27.2 Å². The van der Waals surface area contributed by atoms with Crippen molar-refractivity contribution < 1.29 is 21.6 Å². The van der Waals surface area contributed by atoms with Crippen LogP contribution in [0.4, 0.5) is 13.2 Å². The monoisotopic (exact) mass is 428 g/mol. The molecule has 0 spiro atoms. The molecule has 1 aromatic carbocycles. The Bertz CT molecular complexity index is 1230. The van der Waals surface area contributed by atoms with Crippen molar-refractivity contribution in [3.05, 3.63) is 58.3 Å². The molecule has 0 aliphatic rings. The number of alkyl halides is 3. The molecule has 0 unspecified atom stereocenters. The van der Waals surface area contributed by atoms with Crippen molar-refractivity contribution >= 4 is 21.1 Å². The summed E-state index contributed by atoms with van der Waals surface area (Å²) >= 11 is 0. The average Bonchev–Trinajstić information content (AvgIpc) is 2.98. The molecule has 0 N–H and O–H groups in total. The number of hydrogen-bond acceptors (Lipinski definition) is 4. The Hall–Kier alpha value is -2.66. The van der Waals surface area contributed by atoms with Gasteiger partial charge in [0.1, 0.15) is 5.82 Å². The molecule has 0 aliphatic heterocycles. The van der Waals surface area contributed by atoms with E-state index < -0.39 is 27.3 Å². The second kappa shape index (κ2) is 7.30. The van der Waals surface area contributed by atoms with E-state index >= 15 is 0 Å². The molecular formula is C18H19F3N4O3S. The number of sulfonamides is 1. The minimum atomic E-state index is -4.57. The van der Waals surface area contributed by atoms with E-state index in [0.29, 0.717) is 23.4 Å². The summed E-state index contributed by atoms with van der Waals surface area (Å²) in [4.78, 5) is 16.5. The molecule has 11 heteroatoms. The molecule has 3 rings (SSSR count). The number of rotatable bonds is 5. The molecule has 0 fully saturated rings. The number of pyridine rings is 1. The Balaban J connectivity index is 2.10. The van der Waals surface area contributed by atoms with Gasteiger partial charge in [-0.25, -0.2) is 17.7 Å². The molecule has 2 heterocycles. The lowest BCUT2D eigenvalue weighted by atomic mass is 10.3. The van der Waals surface area contributed by atoms with Crippen LogP contribution in [0.1, 0.15) is 18.3 Å². The van der Waals surface area contributed by atoms with Crippen molar-refractivity contribution in [2.45, 2.75) is 31.1 Å². The summed E-state index contributed by atoms with van der Waals surface area (Å²) in [5, 5.41) is 0. The van der Waals surface area contributed by atoms with Gasteiger partial charge in [0, 0.05) is 32.9 Å². The summed E-state index contributed by atoms with van der Waals surface area (Å²) in [6, 6.07) is 6.06. The minimum Gasteiger partial charge on any atom is -0.327 e. The van der Waals surface area contributed by atoms with E-state index in [9.17, 15) is 26.4 Å². The number of halogens is 3. The molecule has 0 bridgehead atoms. The fourth-order valence-corrected chi connectivity index (χ4v) is 3.90. The van der Waals surface area contributed by atoms with Crippen LogP contribution in [-0.2, 0) is 29.3 Å². The van der Waals surface area contributed by atoms with Crippen LogP contribution in [0.3, 0.4) is 0 Å². The van der Waals surface area contributed by atoms with Gasteiger partial charge in [0.2, 0.25) is 10.0 Å². The SMILES string of the molecule is CCn1c(Cn2cc(C(F)(F)F)ccc2=O)nc2cc(S(=O)(=O)N(C)C)ccc21. The largest absolute Gasteiger partial charge is 0.417 e. The zero-order chi connectivity index (χ0) is 21.6. The Morgan fingerprint density at radius 3 is 2.41 bits per heavy atom. The van der Waals surface area contributed by atoms with Gasteiger partial charge in [0.05, 0.1) is 28.0 Å². The van der Waals surface area contributed by atoms with Gasteiger partial charge in [-0.05, 0) is 31.2 Å². The van der Waals surface area contributed by atoms with Crippen LogP contribution in [0, 0.1) is 0 Å². The van der Waals surface area contributed by atoms with Gasteiger partial charge in [0.15, 0.2) is 0 Å². The first kappa shape index (κ1) is 21.1. The van der Waals surface area contributed by atoms with Crippen LogP contribution in [0.2, 0.25) is 0 Å². The molecule has 3 aromatic rings. The maximum Gasteiger partial charge on any atom is 0.417 e. The van der Waals surface area contributed by atoms with Gasteiger partial charge >= 0.3 is 6.18 Å². The standard InChI is InChI=1S/C18H19F3N4O3S/c1-4-25-15-7-6-13(29(27,28)23(2)3)9-14(15)22-16(25)11-24-10-12(18(19,20)21)5-8-17(24)26/h5-10H,4,11H2,1-3H3. The lowest BCUT2D eigenvalue weighted by molar-refractivity contribution is -0.138. The molecule has 7 nitrogen and oxygen atoms in total. The molecule has 0 saturated heterocycles. The van der Waals surface area contributed by atoms with E-state index in [2.05, 4.69) is 4.98 Å². The molecular weight excluding hydrogens is 409 g/mol. The summed E-state index contributed by atoms with van der Waals surface area (Å²) in [5.41, 5.74) is -0.524. The lowest BCUT2D eigenvalue weighted by Crippen LogP contribution is -2.23. The normalized spacial score (nSPS) is 12.8. The quantitative estimate of drug-likeness (QED) is 0.626. The van der Waals surface area contributed by atoms with Crippen LogP contribution >= 0.6 is 0 Å². The number of fused-ring (bicyclic) bond motifs is 1. The van der Waals surface area contributed by atoms with Gasteiger partial charge in [0.25, 0.3) is 5.56 Å². The van der Waals surface area contributed by atoms with E-state index in [1.807, 2.05) is 6.92 Å². The number of nitrogens with zero attached hydrogens (tertiary/aromatic N) is 4. The predicted molar refractivity (Wildman–Crippen MR) is 101 cm³/mol. The second-order valence-corrected chi connectivity index (χ2v) is 8.74. The highest BCUT2D eigenvalue weighted by molar-refractivity contribution is 7.89. The summed E-state index contributed by atoms with van der Waals surface area (Å²) in [6.07, 6.45) is -3.82. The number of hydrogen-bond donors (Lipinski definition) is 0. The van der Waals surface area contributed by atoms with Crippen molar-refractivity contribution in [1.82, 2.24) is 18.4 Å². The van der Waals surface area contributed by atoms with Crippen LogP contribution in [-0.4, -0.2) is 40.9 Å². The summed E-state index contributed by atoms with van der Waals surface area (Å²) < 4.78 is 67.4. The molecule has 0 aliphatic carbocycles. The molecule has 0 saturated carbocycles. The van der Waals surface area contributed by atoms with E-state index in [1.165, 1.54) is 26.2 Å². The number of imidazole rings is 1. The molecule has 29 heavy (non-hydrogen) atoms. The van der Waals surface area contributed by atoms with Crippen molar-refractivity contribution in [2.24, 2.45) is 0 Å². The zero-order valence-corrected chi connectivity index (χ0v) is 16.8. The highest BCUT2D eigenvalue weighted by atomic mass is 32.2. The van der Waals surface area contributed by atoms with Crippen molar-refractivity contribution in [3.8, 4) is 0 Å². The zero-order valence-electron chi connectivity index (χ0n) is 15.9. The highest BCUT2D eigenvalue weighted by Gasteiger charge is 2.31. The lowest BCUT2D eigenvalue weighted by Gasteiger charge is -2.12. The summed E-state index contributed by atoms with van der Waals surface area (Å²) in [7, 11) is -0.838. The number of aryl methyl sites for hydroxylation is 1. The number of aromatic nitrogens is 3. The Morgan fingerprint density at radius 1 is 1.14 bits per heavy atom. The summed E-state index contributed by atoms with van der Waals surface area (Å²) in [6.45, 7) is 2.09. The van der Waals surface area contributed by atoms with Crippen LogP contribution in [0.5, 0.6) is 0 Å². The van der Waals surface area contributed by atoms with E-state index in [-0.39, 0.29) is 11.4 Å². The summed E-state index contributed by atoms with van der Waals surface area (Å²) in [5.74, 6) is 0.350. The van der Waals surface area contributed by atoms with Gasteiger partial charge in [-0.2, -0.15) is 13.2 Å². The smallest absolute Gasteiger partial charge is 0.327 e. The molecule has 0 amide bonds. The molecule has 2 aromatic heterocycles. The molecule has 0 radical (unpaired) electrons. The third-order valence-corrected chi connectivity index (χ3v) is 6.33. The fourth-order valence-electron chi connectivity index (χ4n) is 2.98. The van der Waals surface area contributed by atoms with Gasteiger partial charge < -0.3 is 9.13 Å². The van der Waals surface area contributed by atoms with Crippen LogP contribution in [0.15, 0.2) is 46.2 Å². The minimum absolute atomic E-state index is 0.0542. The van der Waals surface area contributed by atoms with Crippen molar-refractivity contribution in [2.75, 3.05) is 14.1 Å². The van der Waals surface area contributed by atoms with E-state index in [4.69, 9.17) is 0 Å².